The number of hydrogen-bond acceptors (Lipinski definition) is 0. The SMILES string of the molecule is [C-]#[N+][C@@]12CC=C3CC(C)(C)C[C@@H]4C[C@H](C)[C@@H](CC[C@@H]1C)[C@H]2[C@@H]34. The van der Waals surface area contributed by atoms with Gasteiger partial charge in [-0.3, -0.25) is 0 Å². The van der Waals surface area contributed by atoms with Crippen LogP contribution in [0.3, 0.4) is 0 Å². The van der Waals surface area contributed by atoms with Crippen LogP contribution in [0, 0.1) is 47.5 Å². The molecule has 0 aromatic heterocycles. The first-order chi connectivity index (χ1) is 10.4. The maximum Gasteiger partial charge on any atom is 0.242 e. The van der Waals surface area contributed by atoms with Crippen molar-refractivity contribution in [1.29, 1.82) is 0 Å². The van der Waals surface area contributed by atoms with Crippen molar-refractivity contribution in [1.82, 2.24) is 0 Å². The Kier molecular flexibility index (Phi) is 3.11. The molecule has 3 fully saturated rings. The molecule has 4 aliphatic rings. The van der Waals surface area contributed by atoms with Gasteiger partial charge in [-0.25, -0.2) is 6.57 Å². The van der Waals surface area contributed by atoms with Crippen molar-refractivity contribution in [2.45, 2.75) is 71.8 Å². The summed E-state index contributed by atoms with van der Waals surface area (Å²) in [6.07, 6.45) is 10.3. The molecule has 22 heavy (non-hydrogen) atoms. The van der Waals surface area contributed by atoms with Crippen LogP contribution in [-0.4, -0.2) is 5.54 Å². The summed E-state index contributed by atoms with van der Waals surface area (Å²) >= 11 is 0. The summed E-state index contributed by atoms with van der Waals surface area (Å²) in [5.41, 5.74) is 2.15. The third-order valence-electron chi connectivity index (χ3n) is 7.95. The van der Waals surface area contributed by atoms with Gasteiger partial charge in [-0.2, -0.15) is 0 Å². The van der Waals surface area contributed by atoms with Gasteiger partial charge < -0.3 is 4.85 Å². The zero-order valence-corrected chi connectivity index (χ0v) is 14.7. The zero-order chi connectivity index (χ0) is 15.7. The van der Waals surface area contributed by atoms with Gasteiger partial charge in [0.25, 0.3) is 0 Å². The van der Waals surface area contributed by atoms with E-state index in [1.807, 2.05) is 0 Å². The van der Waals surface area contributed by atoms with Crippen molar-refractivity contribution in [3.05, 3.63) is 23.1 Å². The molecule has 0 aliphatic heterocycles. The normalized spacial score (nSPS) is 52.2. The summed E-state index contributed by atoms with van der Waals surface area (Å²) in [5, 5.41) is 0. The first kappa shape index (κ1) is 14.8. The van der Waals surface area contributed by atoms with E-state index in [1.54, 1.807) is 5.57 Å². The van der Waals surface area contributed by atoms with Crippen LogP contribution in [0.1, 0.15) is 66.2 Å². The van der Waals surface area contributed by atoms with Crippen molar-refractivity contribution < 1.29 is 0 Å². The van der Waals surface area contributed by atoms with E-state index in [2.05, 4.69) is 38.6 Å². The number of rotatable bonds is 0. The standard InChI is InChI=1S/C21H31N/c1-13-10-16-12-20(3,4)11-15-8-9-21(22-5)14(2)6-7-17(13)19(21)18(15)16/h8,13-14,16-19H,6-7,9-12H2,1-4H3/t13-,14-,16-,17+,18-,19-,21-/m0/s1. The number of allylic oxidation sites excluding steroid dienone is 1. The van der Waals surface area contributed by atoms with Crippen molar-refractivity contribution in [2.24, 2.45) is 40.9 Å². The summed E-state index contributed by atoms with van der Waals surface area (Å²) in [5.74, 6) is 4.49. The fourth-order valence-corrected chi connectivity index (χ4v) is 7.15. The van der Waals surface area contributed by atoms with Crippen molar-refractivity contribution in [3.63, 3.8) is 0 Å². The molecule has 1 heteroatoms. The van der Waals surface area contributed by atoms with Crippen LogP contribution in [0.2, 0.25) is 0 Å². The molecule has 3 saturated carbocycles. The summed E-state index contributed by atoms with van der Waals surface area (Å²) in [7, 11) is 0. The van der Waals surface area contributed by atoms with Gasteiger partial charge in [0.1, 0.15) is 0 Å². The molecular weight excluding hydrogens is 266 g/mol. The average molecular weight is 297 g/mol. The first-order valence-electron chi connectivity index (χ1n) is 9.45. The van der Waals surface area contributed by atoms with Gasteiger partial charge in [-0.05, 0) is 61.2 Å². The second-order valence-corrected chi connectivity index (χ2v) is 9.80. The van der Waals surface area contributed by atoms with Crippen LogP contribution >= 0.6 is 0 Å². The lowest BCUT2D eigenvalue weighted by Gasteiger charge is -2.60. The van der Waals surface area contributed by atoms with E-state index in [9.17, 15) is 0 Å². The highest BCUT2D eigenvalue weighted by Gasteiger charge is 2.65. The molecule has 4 rings (SSSR count). The van der Waals surface area contributed by atoms with Crippen LogP contribution in [0.5, 0.6) is 0 Å². The molecule has 120 valence electrons. The molecule has 0 N–H and O–H groups in total. The monoisotopic (exact) mass is 297 g/mol. The maximum atomic E-state index is 8.07. The van der Waals surface area contributed by atoms with Gasteiger partial charge in [-0.15, -0.1) is 0 Å². The Bertz CT molecular complexity index is 551. The van der Waals surface area contributed by atoms with Crippen LogP contribution in [0.25, 0.3) is 4.85 Å². The van der Waals surface area contributed by atoms with E-state index in [-0.39, 0.29) is 5.54 Å². The average Bonchev–Trinajstić information content (AvgIpc) is 2.45. The minimum atomic E-state index is -0.0640. The fourth-order valence-electron chi connectivity index (χ4n) is 7.15. The third kappa shape index (κ3) is 1.82. The number of hydrogen-bond donors (Lipinski definition) is 0. The topological polar surface area (TPSA) is 4.36 Å². The Labute approximate surface area is 136 Å². The summed E-state index contributed by atoms with van der Waals surface area (Å²) in [4.78, 5) is 4.37. The molecule has 1 nitrogen and oxygen atoms in total. The van der Waals surface area contributed by atoms with Crippen molar-refractivity contribution in [2.75, 3.05) is 0 Å². The Balaban J connectivity index is 1.84. The van der Waals surface area contributed by atoms with Gasteiger partial charge >= 0.3 is 0 Å². The lowest BCUT2D eigenvalue weighted by Crippen LogP contribution is -2.59. The van der Waals surface area contributed by atoms with E-state index >= 15 is 0 Å². The smallest absolute Gasteiger partial charge is 0.242 e. The molecular formula is C21H31N. The van der Waals surface area contributed by atoms with E-state index in [0.29, 0.717) is 17.3 Å². The van der Waals surface area contributed by atoms with Crippen molar-refractivity contribution >= 4 is 0 Å². The quantitative estimate of drug-likeness (QED) is 0.397. The van der Waals surface area contributed by atoms with Gasteiger partial charge in [0.15, 0.2) is 0 Å². The third-order valence-corrected chi connectivity index (χ3v) is 7.95. The highest BCUT2D eigenvalue weighted by molar-refractivity contribution is 5.30. The van der Waals surface area contributed by atoms with Gasteiger partial charge in [0, 0.05) is 18.3 Å². The molecule has 4 aliphatic carbocycles. The number of nitrogens with zero attached hydrogens (tertiary/aromatic N) is 1. The Morgan fingerprint density at radius 1 is 1.23 bits per heavy atom. The minimum Gasteiger partial charge on any atom is -0.309 e. The van der Waals surface area contributed by atoms with Crippen LogP contribution in [-0.2, 0) is 0 Å². The fraction of sp³-hybridized carbons (Fsp3) is 0.857. The van der Waals surface area contributed by atoms with E-state index in [4.69, 9.17) is 6.57 Å². The van der Waals surface area contributed by atoms with Crippen LogP contribution < -0.4 is 0 Å². The molecule has 0 unspecified atom stereocenters. The van der Waals surface area contributed by atoms with Gasteiger partial charge in [0.2, 0.25) is 5.54 Å². The molecule has 0 aromatic rings. The molecule has 0 saturated heterocycles. The largest absolute Gasteiger partial charge is 0.309 e. The summed E-state index contributed by atoms with van der Waals surface area (Å²) < 4.78 is 0. The first-order valence-corrected chi connectivity index (χ1v) is 9.45. The van der Waals surface area contributed by atoms with E-state index in [0.717, 1.165) is 30.1 Å². The molecule has 0 bridgehead atoms. The highest BCUT2D eigenvalue weighted by Crippen LogP contribution is 2.65. The Hall–Kier alpha value is -0.770. The second kappa shape index (κ2) is 4.62. The molecule has 0 aromatic carbocycles. The molecule has 0 radical (unpaired) electrons. The predicted molar refractivity (Wildman–Crippen MR) is 91.2 cm³/mol. The highest BCUT2D eigenvalue weighted by atomic mass is 14.9. The molecule has 7 atom stereocenters. The molecule has 0 heterocycles. The lowest BCUT2D eigenvalue weighted by atomic mass is 9.43. The van der Waals surface area contributed by atoms with E-state index in [1.165, 1.54) is 32.1 Å². The predicted octanol–water partition coefficient (Wildman–Crippen LogP) is 5.73. The minimum absolute atomic E-state index is 0.0640. The van der Waals surface area contributed by atoms with Gasteiger partial charge in [-0.1, -0.05) is 39.3 Å². The van der Waals surface area contributed by atoms with Gasteiger partial charge in [0.05, 0.1) is 0 Å². The molecule has 0 spiro atoms. The summed E-state index contributed by atoms with van der Waals surface area (Å²) in [6.45, 7) is 17.8. The van der Waals surface area contributed by atoms with Crippen LogP contribution in [0.4, 0.5) is 0 Å². The van der Waals surface area contributed by atoms with E-state index < -0.39 is 0 Å². The lowest BCUT2D eigenvalue weighted by molar-refractivity contribution is -0.0621. The summed E-state index contributed by atoms with van der Waals surface area (Å²) in [6, 6.07) is 0. The van der Waals surface area contributed by atoms with Crippen molar-refractivity contribution in [3.8, 4) is 0 Å². The zero-order valence-electron chi connectivity index (χ0n) is 14.7. The van der Waals surface area contributed by atoms with Crippen LogP contribution in [0.15, 0.2) is 11.6 Å². The Morgan fingerprint density at radius 3 is 2.73 bits per heavy atom. The second-order valence-electron chi connectivity index (χ2n) is 9.80. The molecule has 0 amide bonds. The maximum absolute atomic E-state index is 8.07. The Morgan fingerprint density at radius 2 is 2.00 bits per heavy atom.